The zero-order chi connectivity index (χ0) is 12.0. The number of carboxylic acid groups (broad SMARTS) is 1. The van der Waals surface area contributed by atoms with Gasteiger partial charge in [-0.15, -0.1) is 11.6 Å². The fourth-order valence-corrected chi connectivity index (χ4v) is 1.70. The summed E-state index contributed by atoms with van der Waals surface area (Å²) in [4.78, 5) is 10.6. The molecule has 0 aliphatic heterocycles. The minimum atomic E-state index is -0.961. The second-order valence-corrected chi connectivity index (χ2v) is 4.46. The first-order chi connectivity index (χ1) is 7.63. The van der Waals surface area contributed by atoms with Gasteiger partial charge in [-0.1, -0.05) is 37.6 Å². The normalized spacial score (nSPS) is 12.4. The molecule has 0 fully saturated rings. The lowest BCUT2D eigenvalue weighted by molar-refractivity contribution is -0.136. The van der Waals surface area contributed by atoms with Crippen LogP contribution in [0.25, 0.3) is 0 Å². The van der Waals surface area contributed by atoms with Crippen molar-refractivity contribution in [2.75, 3.05) is 0 Å². The van der Waals surface area contributed by atoms with Gasteiger partial charge in [-0.05, 0) is 30.4 Å². The first kappa shape index (κ1) is 13.0. The maximum atomic E-state index is 10.6. The molecule has 0 saturated heterocycles. The minimum absolute atomic E-state index is 0.380. The second kappa shape index (κ2) is 6.54. The van der Waals surface area contributed by atoms with Gasteiger partial charge < -0.3 is 5.11 Å². The molecule has 0 bridgehead atoms. The topological polar surface area (TPSA) is 37.3 Å². The van der Waals surface area contributed by atoms with Crippen LogP contribution in [0, 0.1) is 0 Å². The molecule has 16 heavy (non-hydrogen) atoms. The van der Waals surface area contributed by atoms with E-state index in [1.165, 1.54) is 18.4 Å². The van der Waals surface area contributed by atoms with E-state index in [9.17, 15) is 4.79 Å². The lowest BCUT2D eigenvalue weighted by Crippen LogP contribution is -2.15. The van der Waals surface area contributed by atoms with Gasteiger partial charge in [-0.3, -0.25) is 4.79 Å². The van der Waals surface area contributed by atoms with Gasteiger partial charge in [-0.25, -0.2) is 0 Å². The van der Waals surface area contributed by atoms with Crippen LogP contribution in [0.5, 0.6) is 0 Å². The number of aliphatic carboxylic acids is 1. The number of carbonyl (C=O) groups is 1. The van der Waals surface area contributed by atoms with Crippen LogP contribution in [0.1, 0.15) is 30.9 Å². The van der Waals surface area contributed by atoms with Crippen LogP contribution in [0.15, 0.2) is 24.3 Å². The number of alkyl halides is 1. The molecule has 0 aliphatic carbocycles. The monoisotopic (exact) mass is 240 g/mol. The highest BCUT2D eigenvalue weighted by atomic mass is 35.5. The predicted octanol–water partition coefficient (Wildman–Crippen LogP) is 3.26. The SMILES string of the molecule is CCCCc1ccc(CC(Cl)C(=O)O)cc1. The van der Waals surface area contributed by atoms with Gasteiger partial charge in [0.05, 0.1) is 0 Å². The standard InChI is InChI=1S/C13H17ClO2/c1-2-3-4-10-5-7-11(8-6-10)9-12(14)13(15)16/h5-8,12H,2-4,9H2,1H3,(H,15,16). The van der Waals surface area contributed by atoms with Crippen molar-refractivity contribution in [1.29, 1.82) is 0 Å². The quantitative estimate of drug-likeness (QED) is 0.775. The summed E-state index contributed by atoms with van der Waals surface area (Å²) in [5, 5.41) is 7.85. The van der Waals surface area contributed by atoms with Crippen LogP contribution >= 0.6 is 11.6 Å². The van der Waals surface area contributed by atoms with Crippen molar-refractivity contribution in [2.24, 2.45) is 0 Å². The second-order valence-electron chi connectivity index (χ2n) is 3.93. The Morgan fingerprint density at radius 3 is 2.38 bits per heavy atom. The predicted molar refractivity (Wildman–Crippen MR) is 66.0 cm³/mol. The molecule has 88 valence electrons. The van der Waals surface area contributed by atoms with Crippen LogP contribution in [0.3, 0.4) is 0 Å². The fraction of sp³-hybridized carbons (Fsp3) is 0.462. The van der Waals surface area contributed by atoms with E-state index in [1.54, 1.807) is 0 Å². The lowest BCUT2D eigenvalue weighted by Gasteiger charge is -2.05. The summed E-state index contributed by atoms with van der Waals surface area (Å²) in [7, 11) is 0. The van der Waals surface area contributed by atoms with Crippen LogP contribution < -0.4 is 0 Å². The Bertz CT molecular complexity index is 332. The molecule has 1 rings (SSSR count). The summed E-state index contributed by atoms with van der Waals surface area (Å²) in [5.41, 5.74) is 2.27. The van der Waals surface area contributed by atoms with Crippen LogP contribution in [-0.4, -0.2) is 16.5 Å². The van der Waals surface area contributed by atoms with Gasteiger partial charge in [-0.2, -0.15) is 0 Å². The third-order valence-electron chi connectivity index (χ3n) is 2.52. The number of hydrogen-bond acceptors (Lipinski definition) is 1. The van der Waals surface area contributed by atoms with Crippen LogP contribution in [0.4, 0.5) is 0 Å². The number of hydrogen-bond donors (Lipinski definition) is 1. The fourth-order valence-electron chi connectivity index (χ4n) is 1.52. The average molecular weight is 241 g/mol. The number of aryl methyl sites for hydroxylation is 1. The average Bonchev–Trinajstić information content (AvgIpc) is 2.28. The lowest BCUT2D eigenvalue weighted by atomic mass is 10.0. The van der Waals surface area contributed by atoms with Gasteiger partial charge in [0.25, 0.3) is 0 Å². The summed E-state index contributed by atoms with van der Waals surface area (Å²) in [6.45, 7) is 2.17. The summed E-state index contributed by atoms with van der Waals surface area (Å²) in [6, 6.07) is 8.03. The van der Waals surface area contributed by atoms with E-state index in [0.717, 1.165) is 12.0 Å². The van der Waals surface area contributed by atoms with Crippen molar-refractivity contribution in [3.63, 3.8) is 0 Å². The Morgan fingerprint density at radius 1 is 1.31 bits per heavy atom. The molecular formula is C13H17ClO2. The van der Waals surface area contributed by atoms with Gasteiger partial charge in [0.15, 0.2) is 0 Å². The molecule has 0 radical (unpaired) electrons. The van der Waals surface area contributed by atoms with E-state index in [2.05, 4.69) is 19.1 Å². The Balaban J connectivity index is 2.54. The maximum Gasteiger partial charge on any atom is 0.321 e. The third-order valence-corrected chi connectivity index (χ3v) is 2.87. The first-order valence-electron chi connectivity index (χ1n) is 5.58. The summed E-state index contributed by atoms with van der Waals surface area (Å²) < 4.78 is 0. The number of benzene rings is 1. The van der Waals surface area contributed by atoms with Crippen molar-refractivity contribution in [1.82, 2.24) is 0 Å². The molecule has 1 aromatic rings. The summed E-state index contributed by atoms with van der Waals surface area (Å²) in [6.07, 6.45) is 3.84. The van der Waals surface area contributed by atoms with Gasteiger partial charge in [0.1, 0.15) is 5.38 Å². The van der Waals surface area contributed by atoms with Crippen molar-refractivity contribution in [3.05, 3.63) is 35.4 Å². The molecule has 0 aliphatic rings. The van der Waals surface area contributed by atoms with Crippen molar-refractivity contribution >= 4 is 17.6 Å². The van der Waals surface area contributed by atoms with E-state index in [0.29, 0.717) is 6.42 Å². The van der Waals surface area contributed by atoms with Gasteiger partial charge >= 0.3 is 5.97 Å². The molecular weight excluding hydrogens is 224 g/mol. The third kappa shape index (κ3) is 4.23. The summed E-state index contributed by atoms with van der Waals surface area (Å²) in [5.74, 6) is -0.961. The van der Waals surface area contributed by atoms with E-state index in [1.807, 2.05) is 12.1 Å². The number of rotatable bonds is 6. The maximum absolute atomic E-state index is 10.6. The zero-order valence-electron chi connectivity index (χ0n) is 9.45. The Hall–Kier alpha value is -1.02. The molecule has 0 spiro atoms. The smallest absolute Gasteiger partial charge is 0.321 e. The number of carboxylic acids is 1. The highest BCUT2D eigenvalue weighted by molar-refractivity contribution is 6.29. The molecule has 0 aromatic heterocycles. The van der Waals surface area contributed by atoms with Crippen LogP contribution in [-0.2, 0) is 17.6 Å². The molecule has 0 saturated carbocycles. The minimum Gasteiger partial charge on any atom is -0.480 e. The Kier molecular flexibility index (Phi) is 5.33. The van der Waals surface area contributed by atoms with Crippen molar-refractivity contribution in [2.45, 2.75) is 38.0 Å². The molecule has 1 N–H and O–H groups in total. The Morgan fingerprint density at radius 2 is 1.88 bits per heavy atom. The van der Waals surface area contributed by atoms with E-state index in [4.69, 9.17) is 16.7 Å². The number of unbranched alkanes of at least 4 members (excludes halogenated alkanes) is 1. The molecule has 1 unspecified atom stereocenters. The molecule has 0 amide bonds. The van der Waals surface area contributed by atoms with Crippen molar-refractivity contribution in [3.8, 4) is 0 Å². The number of halogens is 1. The Labute approximate surface area is 101 Å². The molecule has 3 heteroatoms. The highest BCUT2D eigenvalue weighted by Crippen LogP contribution is 2.12. The van der Waals surface area contributed by atoms with Gasteiger partial charge in [0.2, 0.25) is 0 Å². The van der Waals surface area contributed by atoms with E-state index < -0.39 is 11.3 Å². The van der Waals surface area contributed by atoms with Crippen LogP contribution in [0.2, 0.25) is 0 Å². The zero-order valence-corrected chi connectivity index (χ0v) is 10.2. The molecule has 2 nitrogen and oxygen atoms in total. The molecule has 1 atom stereocenters. The molecule has 1 aromatic carbocycles. The van der Waals surface area contributed by atoms with Crippen molar-refractivity contribution < 1.29 is 9.90 Å². The van der Waals surface area contributed by atoms with E-state index >= 15 is 0 Å². The highest BCUT2D eigenvalue weighted by Gasteiger charge is 2.13. The summed E-state index contributed by atoms with van der Waals surface area (Å²) >= 11 is 5.67. The van der Waals surface area contributed by atoms with E-state index in [-0.39, 0.29) is 0 Å². The van der Waals surface area contributed by atoms with Gasteiger partial charge in [0, 0.05) is 0 Å². The largest absolute Gasteiger partial charge is 0.480 e. The first-order valence-corrected chi connectivity index (χ1v) is 6.01. The molecule has 0 heterocycles.